The first kappa shape index (κ1) is 24.4. The van der Waals surface area contributed by atoms with Crippen LogP contribution in [-0.4, -0.2) is 32.2 Å². The van der Waals surface area contributed by atoms with Gasteiger partial charge in [0.1, 0.15) is 12.1 Å². The summed E-state index contributed by atoms with van der Waals surface area (Å²) in [6.45, 7) is 5.58. The van der Waals surface area contributed by atoms with Gasteiger partial charge >= 0.3 is 12.1 Å². The zero-order valence-corrected chi connectivity index (χ0v) is 21.2. The highest BCUT2D eigenvalue weighted by atomic mass is 16.6. The standard InChI is InChI=1S/C30H29N3O4/c1-4-29(2,3)37-28(36)32-30(17-8-18-30)23-14-11-20(12-15-23)25-26(21-9-6-5-7-10-21)33-19-22(27(34)35)13-16-24(33)31-25/h4-7,9-16,19H,8,17-18H2,1-3H3,(H-,32,34,35,36)/p+1. The number of imidazole rings is 1. The molecule has 0 atom stereocenters. The number of carbonyl (C=O) groups is 2. The van der Waals surface area contributed by atoms with E-state index in [-0.39, 0.29) is 5.56 Å². The maximum absolute atomic E-state index is 12.7. The fraction of sp³-hybridized carbons (Fsp3) is 0.267. The van der Waals surface area contributed by atoms with Crippen molar-refractivity contribution in [3.8, 4) is 22.5 Å². The number of rotatable bonds is 7. The number of nitrogens with zero attached hydrogens (tertiary/aromatic N) is 2. The molecule has 1 saturated carbocycles. The lowest BCUT2D eigenvalue weighted by molar-refractivity contribution is 0.0454. The van der Waals surface area contributed by atoms with Gasteiger partial charge in [-0.15, -0.1) is 0 Å². The molecular formula is C30H30N3O4+. The fourth-order valence-corrected chi connectivity index (χ4v) is 4.73. The van der Waals surface area contributed by atoms with E-state index < -0.39 is 23.2 Å². The summed E-state index contributed by atoms with van der Waals surface area (Å²) >= 11 is 0. The number of fused-ring (bicyclic) bond motifs is 1. The summed E-state index contributed by atoms with van der Waals surface area (Å²) in [4.78, 5) is 29.1. The van der Waals surface area contributed by atoms with Crippen LogP contribution in [0, 0.1) is 6.42 Å². The van der Waals surface area contributed by atoms with Gasteiger partial charge in [0.15, 0.2) is 0 Å². The number of carbonyl (C=O) groups excluding carboxylic acids is 1. The first-order valence-electron chi connectivity index (χ1n) is 12.4. The fourth-order valence-electron chi connectivity index (χ4n) is 4.73. The summed E-state index contributed by atoms with van der Waals surface area (Å²) in [6, 6.07) is 21.2. The van der Waals surface area contributed by atoms with Crippen LogP contribution >= 0.6 is 0 Å². The Morgan fingerprint density at radius 2 is 1.73 bits per heavy atom. The average molecular weight is 497 g/mol. The molecule has 188 valence electrons. The topological polar surface area (TPSA) is 92.9 Å². The van der Waals surface area contributed by atoms with E-state index in [0.717, 1.165) is 47.3 Å². The van der Waals surface area contributed by atoms with Crippen LogP contribution in [0.25, 0.3) is 28.2 Å². The highest BCUT2D eigenvalue weighted by Crippen LogP contribution is 2.42. The number of aromatic nitrogens is 2. The van der Waals surface area contributed by atoms with E-state index in [1.807, 2.05) is 86.2 Å². The predicted molar refractivity (Wildman–Crippen MR) is 142 cm³/mol. The molecule has 1 amide bonds. The van der Waals surface area contributed by atoms with Crippen molar-refractivity contribution in [1.29, 1.82) is 0 Å². The molecule has 0 bridgehead atoms. The highest BCUT2D eigenvalue weighted by Gasteiger charge is 2.42. The molecule has 0 aliphatic heterocycles. The molecule has 2 aromatic heterocycles. The SMILES string of the molecule is C[CH+]C(C)(C)OC(=O)NC1(c2ccc(-c3nc4ccc(C(=O)O)cn4c3-c3ccccc3)cc2)CCC1. The molecule has 7 nitrogen and oxygen atoms in total. The van der Waals surface area contributed by atoms with E-state index in [9.17, 15) is 14.7 Å². The number of benzene rings is 2. The van der Waals surface area contributed by atoms with Crippen LogP contribution in [0.2, 0.25) is 0 Å². The summed E-state index contributed by atoms with van der Waals surface area (Å²) in [7, 11) is 0. The Morgan fingerprint density at radius 3 is 2.32 bits per heavy atom. The second kappa shape index (κ2) is 9.32. The van der Waals surface area contributed by atoms with Crippen molar-refractivity contribution in [1.82, 2.24) is 14.7 Å². The van der Waals surface area contributed by atoms with Gasteiger partial charge in [-0.2, -0.15) is 0 Å². The zero-order chi connectivity index (χ0) is 26.2. The van der Waals surface area contributed by atoms with Crippen molar-refractivity contribution in [2.45, 2.75) is 51.2 Å². The molecule has 1 fully saturated rings. The molecule has 5 rings (SSSR count). The van der Waals surface area contributed by atoms with E-state index in [1.165, 1.54) is 0 Å². The maximum Gasteiger partial charge on any atom is 0.411 e. The number of amides is 1. The predicted octanol–water partition coefficient (Wildman–Crippen LogP) is 6.47. The van der Waals surface area contributed by atoms with Crippen LogP contribution in [0.4, 0.5) is 4.79 Å². The summed E-state index contributed by atoms with van der Waals surface area (Å²) in [6.07, 6.45) is 5.76. The molecule has 0 spiro atoms. The van der Waals surface area contributed by atoms with Crippen molar-refractivity contribution in [2.24, 2.45) is 0 Å². The average Bonchev–Trinajstić information content (AvgIpc) is 3.25. The number of hydrogen-bond donors (Lipinski definition) is 2. The maximum atomic E-state index is 12.7. The van der Waals surface area contributed by atoms with Crippen molar-refractivity contribution in [3.63, 3.8) is 0 Å². The van der Waals surface area contributed by atoms with E-state index in [2.05, 4.69) is 5.32 Å². The number of nitrogens with one attached hydrogen (secondary N) is 1. The van der Waals surface area contributed by atoms with Crippen molar-refractivity contribution < 1.29 is 19.4 Å². The first-order valence-corrected chi connectivity index (χ1v) is 12.4. The van der Waals surface area contributed by atoms with Gasteiger partial charge in [-0.1, -0.05) is 54.6 Å². The van der Waals surface area contributed by atoms with E-state index in [1.54, 1.807) is 18.3 Å². The van der Waals surface area contributed by atoms with E-state index >= 15 is 0 Å². The molecule has 2 heterocycles. The van der Waals surface area contributed by atoms with Crippen LogP contribution in [0.1, 0.15) is 56.0 Å². The van der Waals surface area contributed by atoms with Crippen LogP contribution in [0.5, 0.6) is 0 Å². The number of pyridine rings is 1. The Kier molecular flexibility index (Phi) is 6.15. The molecule has 1 aliphatic carbocycles. The van der Waals surface area contributed by atoms with Gasteiger partial charge in [0.05, 0.1) is 29.4 Å². The van der Waals surface area contributed by atoms with Crippen molar-refractivity contribution in [2.75, 3.05) is 0 Å². The summed E-state index contributed by atoms with van der Waals surface area (Å²) in [5, 5.41) is 12.6. The number of carboxylic acid groups (broad SMARTS) is 1. The van der Waals surface area contributed by atoms with Crippen LogP contribution < -0.4 is 5.32 Å². The number of aromatic carboxylic acids is 1. The summed E-state index contributed by atoms with van der Waals surface area (Å²) in [5.74, 6) is -0.988. The monoisotopic (exact) mass is 496 g/mol. The molecule has 4 aromatic rings. The Balaban J connectivity index is 1.52. The van der Waals surface area contributed by atoms with Gasteiger partial charge in [-0.05, 0) is 37.0 Å². The Hall–Kier alpha value is -4.26. The number of hydrogen-bond acceptors (Lipinski definition) is 4. The van der Waals surface area contributed by atoms with Gasteiger partial charge in [-0.3, -0.25) is 4.40 Å². The van der Waals surface area contributed by atoms with Gasteiger partial charge in [-0.25, -0.2) is 14.6 Å². The minimum absolute atomic E-state index is 0.192. The summed E-state index contributed by atoms with van der Waals surface area (Å²) in [5.41, 5.74) is 4.22. The van der Waals surface area contributed by atoms with Crippen LogP contribution in [0.15, 0.2) is 72.9 Å². The quantitative estimate of drug-likeness (QED) is 0.286. The molecule has 2 aromatic carbocycles. The minimum atomic E-state index is -0.988. The molecule has 37 heavy (non-hydrogen) atoms. The number of carboxylic acids is 1. The smallest absolute Gasteiger partial charge is 0.411 e. The third kappa shape index (κ3) is 4.65. The molecular weight excluding hydrogens is 466 g/mol. The lowest BCUT2D eigenvalue weighted by Gasteiger charge is -2.43. The molecule has 7 heteroatoms. The Morgan fingerprint density at radius 1 is 1.03 bits per heavy atom. The number of ether oxygens (including phenoxy) is 1. The van der Waals surface area contributed by atoms with E-state index in [0.29, 0.717) is 5.65 Å². The highest BCUT2D eigenvalue weighted by molar-refractivity contribution is 5.89. The van der Waals surface area contributed by atoms with E-state index in [4.69, 9.17) is 9.72 Å². The first-order chi connectivity index (χ1) is 17.7. The molecule has 1 aliphatic rings. The minimum Gasteiger partial charge on any atom is -0.478 e. The second-order valence-electron chi connectivity index (χ2n) is 10.0. The van der Waals surface area contributed by atoms with Gasteiger partial charge in [0.25, 0.3) is 0 Å². The van der Waals surface area contributed by atoms with Gasteiger partial charge < -0.3 is 15.2 Å². The van der Waals surface area contributed by atoms with Crippen LogP contribution in [-0.2, 0) is 10.3 Å². The molecule has 0 unspecified atom stereocenters. The molecule has 0 saturated heterocycles. The Labute approximate surface area is 216 Å². The van der Waals surface area contributed by atoms with Crippen molar-refractivity contribution in [3.05, 3.63) is 90.5 Å². The van der Waals surface area contributed by atoms with Crippen molar-refractivity contribution >= 4 is 17.7 Å². The third-order valence-electron chi connectivity index (χ3n) is 7.22. The second-order valence-corrected chi connectivity index (χ2v) is 10.0. The third-order valence-corrected chi connectivity index (χ3v) is 7.22. The number of alkyl carbamates (subject to hydrolysis) is 1. The molecule has 2 N–H and O–H groups in total. The summed E-state index contributed by atoms with van der Waals surface area (Å²) < 4.78 is 7.43. The van der Waals surface area contributed by atoms with Gasteiger partial charge in [0, 0.05) is 31.2 Å². The lowest BCUT2D eigenvalue weighted by Crippen LogP contribution is -2.52. The zero-order valence-electron chi connectivity index (χ0n) is 21.2. The van der Waals surface area contributed by atoms with Crippen LogP contribution in [0.3, 0.4) is 0 Å². The molecule has 0 radical (unpaired) electrons. The normalized spacial score (nSPS) is 14.6. The van der Waals surface area contributed by atoms with Gasteiger partial charge in [0.2, 0.25) is 5.60 Å². The largest absolute Gasteiger partial charge is 0.478 e. The lowest BCUT2D eigenvalue weighted by atomic mass is 9.71. The Bertz CT molecular complexity index is 1450.